The molecule has 1 aliphatic rings. The predicted molar refractivity (Wildman–Crippen MR) is 77.6 cm³/mol. The van der Waals surface area contributed by atoms with E-state index in [2.05, 4.69) is 5.32 Å². The molecular formula is C15H20FN3O2. The molecule has 6 heteroatoms. The number of carbonyl (C=O) groups excluding carboxylic acids is 2. The number of carbonyl (C=O) groups is 2. The van der Waals surface area contributed by atoms with Crippen LogP contribution in [0.4, 0.5) is 4.39 Å². The molecule has 21 heavy (non-hydrogen) atoms. The zero-order chi connectivity index (χ0) is 15.4. The van der Waals surface area contributed by atoms with Gasteiger partial charge in [-0.25, -0.2) is 4.39 Å². The molecule has 1 aromatic rings. The summed E-state index contributed by atoms with van der Waals surface area (Å²) in [5.74, 6) is -0.685. The van der Waals surface area contributed by atoms with Crippen molar-refractivity contribution in [2.75, 3.05) is 19.6 Å². The largest absolute Gasteiger partial charge is 0.369 e. The Morgan fingerprint density at radius 3 is 2.67 bits per heavy atom. The van der Waals surface area contributed by atoms with E-state index < -0.39 is 12.1 Å². The summed E-state index contributed by atoms with van der Waals surface area (Å²) in [6, 6.07) is 7.03. The van der Waals surface area contributed by atoms with E-state index in [1.54, 1.807) is 17.0 Å². The van der Waals surface area contributed by atoms with E-state index in [4.69, 9.17) is 5.73 Å². The fourth-order valence-electron chi connectivity index (χ4n) is 2.55. The molecule has 0 aliphatic carbocycles. The molecule has 1 fully saturated rings. The second-order valence-electron chi connectivity index (χ2n) is 5.46. The van der Waals surface area contributed by atoms with Gasteiger partial charge in [0.2, 0.25) is 5.91 Å². The van der Waals surface area contributed by atoms with Gasteiger partial charge in [0.1, 0.15) is 6.17 Å². The normalized spacial score (nSPS) is 22.2. The van der Waals surface area contributed by atoms with Crippen LogP contribution in [0, 0.1) is 6.92 Å². The van der Waals surface area contributed by atoms with Crippen molar-refractivity contribution < 1.29 is 14.0 Å². The summed E-state index contributed by atoms with van der Waals surface area (Å²) in [5.41, 5.74) is 6.80. The Morgan fingerprint density at radius 2 is 2.05 bits per heavy atom. The van der Waals surface area contributed by atoms with Gasteiger partial charge in [-0.3, -0.25) is 14.5 Å². The van der Waals surface area contributed by atoms with E-state index in [0.29, 0.717) is 18.5 Å². The number of aryl methyl sites for hydroxylation is 1. The smallest absolute Gasteiger partial charge is 0.251 e. The van der Waals surface area contributed by atoms with E-state index in [9.17, 15) is 14.0 Å². The number of halogens is 1. The number of nitrogens with one attached hydrogen (secondary N) is 1. The number of amides is 2. The minimum absolute atomic E-state index is 0.0193. The van der Waals surface area contributed by atoms with Gasteiger partial charge in [-0.15, -0.1) is 0 Å². The third-order valence-electron chi connectivity index (χ3n) is 3.65. The van der Waals surface area contributed by atoms with Crippen molar-refractivity contribution >= 4 is 11.8 Å². The zero-order valence-corrected chi connectivity index (χ0v) is 12.0. The summed E-state index contributed by atoms with van der Waals surface area (Å²) in [4.78, 5) is 24.7. The second-order valence-corrected chi connectivity index (χ2v) is 5.46. The van der Waals surface area contributed by atoms with Gasteiger partial charge < -0.3 is 11.1 Å². The molecule has 0 aromatic heterocycles. The number of hydrogen-bond acceptors (Lipinski definition) is 3. The Morgan fingerprint density at radius 1 is 1.38 bits per heavy atom. The van der Waals surface area contributed by atoms with Crippen LogP contribution >= 0.6 is 0 Å². The van der Waals surface area contributed by atoms with Crippen LogP contribution in [-0.4, -0.2) is 48.6 Å². The molecule has 114 valence electrons. The molecule has 1 saturated heterocycles. The van der Waals surface area contributed by atoms with Crippen LogP contribution in [0.5, 0.6) is 0 Å². The molecule has 1 heterocycles. The average Bonchev–Trinajstić information content (AvgIpc) is 2.76. The second kappa shape index (κ2) is 6.67. The van der Waals surface area contributed by atoms with E-state index in [0.717, 1.165) is 5.56 Å². The summed E-state index contributed by atoms with van der Waals surface area (Å²) in [6.07, 6.45) is -0.674. The van der Waals surface area contributed by atoms with Crippen molar-refractivity contribution in [3.63, 3.8) is 0 Å². The van der Waals surface area contributed by atoms with E-state index in [1.807, 2.05) is 19.1 Å². The zero-order valence-electron chi connectivity index (χ0n) is 12.0. The van der Waals surface area contributed by atoms with Gasteiger partial charge in [0, 0.05) is 24.7 Å². The number of nitrogens with two attached hydrogens (primary N) is 1. The van der Waals surface area contributed by atoms with Crippen LogP contribution < -0.4 is 11.1 Å². The summed E-state index contributed by atoms with van der Waals surface area (Å²) >= 11 is 0. The number of primary amides is 1. The van der Waals surface area contributed by atoms with Crippen LogP contribution in [0.3, 0.4) is 0 Å². The summed E-state index contributed by atoms with van der Waals surface area (Å²) in [5, 5.41) is 2.78. The quantitative estimate of drug-likeness (QED) is 0.836. The highest BCUT2D eigenvalue weighted by Crippen LogP contribution is 2.19. The molecule has 0 unspecified atom stereocenters. The lowest BCUT2D eigenvalue weighted by atomic mass is 10.1. The Bertz CT molecular complexity index is 518. The Balaban J connectivity index is 1.90. The molecular weight excluding hydrogens is 273 g/mol. The van der Waals surface area contributed by atoms with E-state index >= 15 is 0 Å². The molecule has 0 saturated carbocycles. The monoisotopic (exact) mass is 293 g/mol. The third-order valence-corrected chi connectivity index (χ3v) is 3.65. The molecule has 1 aliphatic heterocycles. The number of benzene rings is 1. The van der Waals surface area contributed by atoms with Crippen molar-refractivity contribution in [1.82, 2.24) is 10.2 Å². The molecule has 2 atom stereocenters. The fraction of sp³-hybridized carbons (Fsp3) is 0.467. The first-order valence-corrected chi connectivity index (χ1v) is 6.97. The van der Waals surface area contributed by atoms with Crippen molar-refractivity contribution in [3.05, 3.63) is 35.4 Å². The average molecular weight is 293 g/mol. The van der Waals surface area contributed by atoms with Crippen LogP contribution in [-0.2, 0) is 4.79 Å². The Hall–Kier alpha value is -1.95. The van der Waals surface area contributed by atoms with Gasteiger partial charge in [-0.2, -0.15) is 0 Å². The molecule has 0 radical (unpaired) electrons. The summed E-state index contributed by atoms with van der Waals surface area (Å²) in [7, 11) is 0. The van der Waals surface area contributed by atoms with Crippen molar-refractivity contribution in [3.8, 4) is 0 Å². The SMILES string of the molecule is Cc1ccc(C(=O)NC[C@@H]2C[C@H](F)CN2CC(N)=O)cc1. The minimum atomic E-state index is -0.981. The van der Waals surface area contributed by atoms with Crippen LogP contribution in [0.1, 0.15) is 22.3 Å². The number of alkyl halides is 1. The first-order chi connectivity index (χ1) is 9.95. The van der Waals surface area contributed by atoms with Gasteiger partial charge in [-0.1, -0.05) is 17.7 Å². The van der Waals surface area contributed by atoms with Gasteiger partial charge >= 0.3 is 0 Å². The molecule has 5 nitrogen and oxygen atoms in total. The van der Waals surface area contributed by atoms with Crippen LogP contribution in [0.2, 0.25) is 0 Å². The molecule has 2 rings (SSSR count). The van der Waals surface area contributed by atoms with E-state index in [-0.39, 0.29) is 25.0 Å². The molecule has 1 aromatic carbocycles. The number of nitrogens with zero attached hydrogens (tertiary/aromatic N) is 1. The van der Waals surface area contributed by atoms with Crippen LogP contribution in [0.25, 0.3) is 0 Å². The van der Waals surface area contributed by atoms with Crippen LogP contribution in [0.15, 0.2) is 24.3 Å². The lowest BCUT2D eigenvalue weighted by Crippen LogP contribution is -2.43. The highest BCUT2D eigenvalue weighted by atomic mass is 19.1. The lowest BCUT2D eigenvalue weighted by molar-refractivity contribution is -0.119. The molecule has 0 bridgehead atoms. The highest BCUT2D eigenvalue weighted by Gasteiger charge is 2.32. The van der Waals surface area contributed by atoms with Gasteiger partial charge in [0.25, 0.3) is 5.91 Å². The van der Waals surface area contributed by atoms with Gasteiger partial charge in [0.15, 0.2) is 0 Å². The van der Waals surface area contributed by atoms with Crippen molar-refractivity contribution in [1.29, 1.82) is 0 Å². The molecule has 3 N–H and O–H groups in total. The van der Waals surface area contributed by atoms with Crippen molar-refractivity contribution in [2.24, 2.45) is 5.73 Å². The number of hydrogen-bond donors (Lipinski definition) is 2. The van der Waals surface area contributed by atoms with Crippen molar-refractivity contribution in [2.45, 2.75) is 25.6 Å². The van der Waals surface area contributed by atoms with Gasteiger partial charge in [-0.05, 0) is 25.5 Å². The maximum atomic E-state index is 13.5. The third kappa shape index (κ3) is 4.26. The Kier molecular flexibility index (Phi) is 4.90. The van der Waals surface area contributed by atoms with Gasteiger partial charge in [0.05, 0.1) is 6.54 Å². The first kappa shape index (κ1) is 15.4. The molecule has 2 amide bonds. The topological polar surface area (TPSA) is 75.4 Å². The molecule has 0 spiro atoms. The Labute approximate surface area is 123 Å². The lowest BCUT2D eigenvalue weighted by Gasteiger charge is -2.22. The van der Waals surface area contributed by atoms with E-state index in [1.165, 1.54) is 0 Å². The highest BCUT2D eigenvalue weighted by molar-refractivity contribution is 5.94. The minimum Gasteiger partial charge on any atom is -0.369 e. The first-order valence-electron chi connectivity index (χ1n) is 6.97. The summed E-state index contributed by atoms with van der Waals surface area (Å²) in [6.45, 7) is 2.46. The standard InChI is InChI=1S/C15H20FN3O2/c1-10-2-4-11(5-3-10)15(21)18-7-13-6-12(16)8-19(13)9-14(17)20/h2-5,12-13H,6-9H2,1H3,(H2,17,20)(H,18,21)/t12-,13-/m0/s1. The predicted octanol–water partition coefficient (Wildman–Crippen LogP) is 0.623. The maximum absolute atomic E-state index is 13.5. The maximum Gasteiger partial charge on any atom is 0.251 e. The summed E-state index contributed by atoms with van der Waals surface area (Å²) < 4.78 is 13.5. The number of rotatable bonds is 5. The number of likely N-dealkylation sites (tertiary alicyclic amines) is 1. The fourth-order valence-corrected chi connectivity index (χ4v) is 2.55.